The standard InChI is InChI=1S/C18H21FN2O3S/c1-12(22)20-16-10-7-14(19)11-17(16)21-25(23,24)15-8-5-13(6-9-15)18(2,3)4/h5-11,21H,1-4H3,(H,20,22). The van der Waals surface area contributed by atoms with Crippen LogP contribution in [0.3, 0.4) is 0 Å². The van der Waals surface area contributed by atoms with Crippen molar-refractivity contribution in [3.63, 3.8) is 0 Å². The highest BCUT2D eigenvalue weighted by atomic mass is 32.2. The number of benzene rings is 2. The summed E-state index contributed by atoms with van der Waals surface area (Å²) >= 11 is 0. The fourth-order valence-electron chi connectivity index (χ4n) is 2.24. The van der Waals surface area contributed by atoms with Gasteiger partial charge in [-0.3, -0.25) is 9.52 Å². The third-order valence-corrected chi connectivity index (χ3v) is 4.95. The number of hydrogen-bond acceptors (Lipinski definition) is 3. The molecule has 0 unspecified atom stereocenters. The molecule has 2 N–H and O–H groups in total. The molecule has 0 atom stereocenters. The Hall–Kier alpha value is -2.41. The number of amides is 1. The molecular weight excluding hydrogens is 343 g/mol. The third kappa shape index (κ3) is 4.79. The summed E-state index contributed by atoms with van der Waals surface area (Å²) in [4.78, 5) is 11.3. The molecule has 5 nitrogen and oxygen atoms in total. The van der Waals surface area contributed by atoms with Crippen LogP contribution in [0.15, 0.2) is 47.4 Å². The Bertz CT molecular complexity index is 886. The minimum atomic E-state index is -3.92. The summed E-state index contributed by atoms with van der Waals surface area (Å²) in [5.41, 5.74) is 1.05. The number of hydrogen-bond donors (Lipinski definition) is 2. The molecule has 0 fully saturated rings. The van der Waals surface area contributed by atoms with Crippen molar-refractivity contribution >= 4 is 27.3 Å². The summed E-state index contributed by atoms with van der Waals surface area (Å²) in [6, 6.07) is 9.95. The summed E-state index contributed by atoms with van der Waals surface area (Å²) < 4.78 is 41.0. The maximum atomic E-state index is 13.5. The van der Waals surface area contributed by atoms with Crippen LogP contribution in [-0.2, 0) is 20.2 Å². The molecule has 0 saturated heterocycles. The molecule has 0 spiro atoms. The highest BCUT2D eigenvalue weighted by Gasteiger charge is 2.19. The van der Waals surface area contributed by atoms with E-state index in [0.29, 0.717) is 0 Å². The van der Waals surface area contributed by atoms with Crippen molar-refractivity contribution in [2.24, 2.45) is 0 Å². The third-order valence-electron chi connectivity index (χ3n) is 3.57. The molecule has 134 valence electrons. The summed E-state index contributed by atoms with van der Waals surface area (Å²) in [6.45, 7) is 7.37. The topological polar surface area (TPSA) is 75.3 Å². The molecule has 2 aromatic rings. The van der Waals surface area contributed by atoms with E-state index in [4.69, 9.17) is 0 Å². The first-order valence-electron chi connectivity index (χ1n) is 7.69. The molecule has 1 amide bonds. The highest BCUT2D eigenvalue weighted by Crippen LogP contribution is 2.27. The zero-order valence-corrected chi connectivity index (χ0v) is 15.4. The first-order valence-corrected chi connectivity index (χ1v) is 9.18. The van der Waals surface area contributed by atoms with E-state index in [-0.39, 0.29) is 27.6 Å². The van der Waals surface area contributed by atoms with Gasteiger partial charge in [0.15, 0.2) is 0 Å². The Labute approximate surface area is 147 Å². The van der Waals surface area contributed by atoms with Crippen LogP contribution >= 0.6 is 0 Å². The van der Waals surface area contributed by atoms with Crippen molar-refractivity contribution in [3.8, 4) is 0 Å². The van der Waals surface area contributed by atoms with E-state index in [1.165, 1.54) is 25.1 Å². The van der Waals surface area contributed by atoms with Gasteiger partial charge in [0.25, 0.3) is 10.0 Å². The van der Waals surface area contributed by atoms with Gasteiger partial charge >= 0.3 is 0 Å². The number of halogens is 1. The van der Waals surface area contributed by atoms with Crippen LogP contribution in [0.1, 0.15) is 33.3 Å². The van der Waals surface area contributed by atoms with Crippen molar-refractivity contribution in [1.82, 2.24) is 0 Å². The van der Waals surface area contributed by atoms with E-state index in [0.717, 1.165) is 17.7 Å². The summed E-state index contributed by atoms with van der Waals surface area (Å²) in [6.07, 6.45) is 0. The van der Waals surface area contributed by atoms with Gasteiger partial charge in [-0.1, -0.05) is 32.9 Å². The quantitative estimate of drug-likeness (QED) is 0.864. The van der Waals surface area contributed by atoms with Gasteiger partial charge in [-0.15, -0.1) is 0 Å². The number of carbonyl (C=O) groups is 1. The Morgan fingerprint density at radius 2 is 1.60 bits per heavy atom. The monoisotopic (exact) mass is 364 g/mol. The lowest BCUT2D eigenvalue weighted by atomic mass is 9.87. The molecule has 0 aromatic heterocycles. The second kappa shape index (κ2) is 6.84. The lowest BCUT2D eigenvalue weighted by molar-refractivity contribution is -0.114. The molecular formula is C18H21FN2O3S. The van der Waals surface area contributed by atoms with Gasteiger partial charge in [0.2, 0.25) is 5.91 Å². The van der Waals surface area contributed by atoms with Gasteiger partial charge in [-0.25, -0.2) is 12.8 Å². The van der Waals surface area contributed by atoms with E-state index < -0.39 is 15.8 Å². The van der Waals surface area contributed by atoms with Crippen molar-refractivity contribution < 1.29 is 17.6 Å². The first-order chi connectivity index (χ1) is 11.5. The smallest absolute Gasteiger partial charge is 0.261 e. The molecule has 0 aliphatic heterocycles. The highest BCUT2D eigenvalue weighted by molar-refractivity contribution is 7.92. The van der Waals surface area contributed by atoms with Crippen LogP contribution in [0, 0.1) is 5.82 Å². The Morgan fingerprint density at radius 3 is 2.12 bits per heavy atom. The second-order valence-electron chi connectivity index (χ2n) is 6.75. The average Bonchev–Trinajstić information content (AvgIpc) is 2.48. The fraction of sp³-hybridized carbons (Fsp3) is 0.278. The van der Waals surface area contributed by atoms with Crippen LogP contribution in [0.2, 0.25) is 0 Å². The number of carbonyl (C=O) groups excluding carboxylic acids is 1. The van der Waals surface area contributed by atoms with Gasteiger partial charge < -0.3 is 5.32 Å². The van der Waals surface area contributed by atoms with Crippen LogP contribution in [0.5, 0.6) is 0 Å². The van der Waals surface area contributed by atoms with Gasteiger partial charge in [0, 0.05) is 13.0 Å². The first kappa shape index (κ1) is 18.9. The zero-order chi connectivity index (χ0) is 18.8. The van der Waals surface area contributed by atoms with E-state index in [1.54, 1.807) is 12.1 Å². The normalized spacial score (nSPS) is 11.9. The molecule has 0 saturated carbocycles. The molecule has 25 heavy (non-hydrogen) atoms. The molecule has 0 heterocycles. The number of rotatable bonds is 4. The summed E-state index contributed by atoms with van der Waals surface area (Å²) in [7, 11) is -3.92. The minimum absolute atomic E-state index is 0.0323. The molecule has 7 heteroatoms. The van der Waals surface area contributed by atoms with Crippen molar-refractivity contribution in [1.29, 1.82) is 0 Å². The van der Waals surface area contributed by atoms with Gasteiger partial charge in [0.1, 0.15) is 5.82 Å². The fourth-order valence-corrected chi connectivity index (χ4v) is 3.31. The Kier molecular flexibility index (Phi) is 5.17. The lowest BCUT2D eigenvalue weighted by Gasteiger charge is -2.19. The zero-order valence-electron chi connectivity index (χ0n) is 14.6. The van der Waals surface area contributed by atoms with E-state index in [2.05, 4.69) is 10.0 Å². The SMILES string of the molecule is CC(=O)Nc1ccc(F)cc1NS(=O)(=O)c1ccc(C(C)(C)C)cc1. The summed E-state index contributed by atoms with van der Waals surface area (Å²) in [5.74, 6) is -1.00. The predicted molar refractivity (Wildman–Crippen MR) is 96.7 cm³/mol. The number of sulfonamides is 1. The molecule has 2 rings (SSSR count). The van der Waals surface area contributed by atoms with Crippen LogP contribution in [0.25, 0.3) is 0 Å². The van der Waals surface area contributed by atoms with E-state index in [9.17, 15) is 17.6 Å². The predicted octanol–water partition coefficient (Wildman–Crippen LogP) is 3.88. The Morgan fingerprint density at radius 1 is 1.00 bits per heavy atom. The van der Waals surface area contributed by atoms with Crippen LogP contribution < -0.4 is 10.0 Å². The lowest BCUT2D eigenvalue weighted by Crippen LogP contribution is -2.17. The maximum Gasteiger partial charge on any atom is 0.261 e. The van der Waals surface area contributed by atoms with Crippen molar-refractivity contribution in [2.75, 3.05) is 10.0 Å². The minimum Gasteiger partial charge on any atom is -0.325 e. The van der Waals surface area contributed by atoms with Gasteiger partial charge in [-0.05, 0) is 35.2 Å². The summed E-state index contributed by atoms with van der Waals surface area (Å²) in [5, 5.41) is 2.47. The van der Waals surface area contributed by atoms with Crippen molar-refractivity contribution in [3.05, 3.63) is 53.8 Å². The van der Waals surface area contributed by atoms with E-state index >= 15 is 0 Å². The van der Waals surface area contributed by atoms with Crippen LogP contribution in [-0.4, -0.2) is 14.3 Å². The molecule has 0 bridgehead atoms. The maximum absolute atomic E-state index is 13.5. The largest absolute Gasteiger partial charge is 0.325 e. The van der Waals surface area contributed by atoms with Gasteiger partial charge in [0.05, 0.1) is 16.3 Å². The Balaban J connectivity index is 2.36. The molecule has 0 aliphatic rings. The average molecular weight is 364 g/mol. The molecule has 0 aliphatic carbocycles. The van der Waals surface area contributed by atoms with E-state index in [1.807, 2.05) is 20.8 Å². The molecule has 2 aromatic carbocycles. The second-order valence-corrected chi connectivity index (χ2v) is 8.43. The van der Waals surface area contributed by atoms with Gasteiger partial charge in [-0.2, -0.15) is 0 Å². The molecule has 0 radical (unpaired) electrons. The number of nitrogens with one attached hydrogen (secondary N) is 2. The van der Waals surface area contributed by atoms with Crippen molar-refractivity contribution in [2.45, 2.75) is 38.0 Å². The van der Waals surface area contributed by atoms with Crippen LogP contribution in [0.4, 0.5) is 15.8 Å². The number of anilines is 2.